The lowest BCUT2D eigenvalue weighted by molar-refractivity contribution is -0.940. The van der Waals surface area contributed by atoms with Gasteiger partial charge in [-0.15, -0.1) is 0 Å². The van der Waals surface area contributed by atoms with Crippen LogP contribution in [0.4, 0.5) is 0 Å². The van der Waals surface area contributed by atoms with Gasteiger partial charge in [0.25, 0.3) is 0 Å². The highest BCUT2D eigenvalue weighted by molar-refractivity contribution is 5.66. The van der Waals surface area contributed by atoms with Gasteiger partial charge in [0.1, 0.15) is 0 Å². The molecule has 3 rings (SSSR count). The van der Waals surface area contributed by atoms with E-state index >= 15 is 0 Å². The number of fused-ring (bicyclic) bond motifs is 3. The molecule has 0 radical (unpaired) electrons. The zero-order valence-corrected chi connectivity index (χ0v) is 9.87. The molecular formula is C9H17BrN2O2. The van der Waals surface area contributed by atoms with Crippen molar-refractivity contribution in [2.24, 2.45) is 0 Å². The van der Waals surface area contributed by atoms with Crippen LogP contribution >= 0.6 is 0 Å². The minimum atomic E-state index is -0.652. The Morgan fingerprint density at radius 2 is 1.71 bits per heavy atom. The number of hydrogen-bond acceptors (Lipinski definition) is 2. The molecule has 5 heteroatoms. The van der Waals surface area contributed by atoms with Crippen LogP contribution in [0.25, 0.3) is 0 Å². The van der Waals surface area contributed by atoms with Gasteiger partial charge in [-0.3, -0.25) is 9.69 Å². The molecule has 0 spiro atoms. The highest BCUT2D eigenvalue weighted by Gasteiger charge is 2.38. The first-order valence-electron chi connectivity index (χ1n) is 4.99. The Morgan fingerprint density at radius 1 is 1.21 bits per heavy atom. The molecule has 0 unspecified atom stereocenters. The number of piperazine rings is 3. The van der Waals surface area contributed by atoms with Gasteiger partial charge in [0, 0.05) is 19.6 Å². The van der Waals surface area contributed by atoms with Crippen LogP contribution in [0.2, 0.25) is 0 Å². The highest BCUT2D eigenvalue weighted by Crippen LogP contribution is 2.19. The van der Waals surface area contributed by atoms with Crippen molar-refractivity contribution in [3.05, 3.63) is 0 Å². The Kier molecular flexibility index (Phi) is 3.92. The number of carbonyl (C=O) groups is 1. The summed E-state index contributed by atoms with van der Waals surface area (Å²) in [7, 11) is 0. The van der Waals surface area contributed by atoms with Gasteiger partial charge in [0.15, 0.2) is 0 Å². The third-order valence-corrected chi connectivity index (χ3v) is 3.47. The minimum absolute atomic E-state index is 0. The van der Waals surface area contributed by atoms with E-state index in [1.165, 1.54) is 19.6 Å². The van der Waals surface area contributed by atoms with Gasteiger partial charge < -0.3 is 26.6 Å². The number of rotatable bonds is 3. The molecule has 0 amide bonds. The maximum atomic E-state index is 10.5. The van der Waals surface area contributed by atoms with Crippen molar-refractivity contribution in [3.8, 4) is 0 Å². The van der Waals surface area contributed by atoms with Crippen molar-refractivity contribution in [3.63, 3.8) is 0 Å². The Morgan fingerprint density at radius 3 is 2.14 bits per heavy atom. The summed E-state index contributed by atoms with van der Waals surface area (Å²) in [4.78, 5) is 13.0. The van der Waals surface area contributed by atoms with Crippen LogP contribution in [0.5, 0.6) is 0 Å². The van der Waals surface area contributed by atoms with Crippen molar-refractivity contribution in [1.82, 2.24) is 4.90 Å². The lowest BCUT2D eigenvalue weighted by Gasteiger charge is -2.50. The maximum Gasteiger partial charge on any atom is 0.309 e. The van der Waals surface area contributed by atoms with E-state index in [0.29, 0.717) is 6.42 Å². The van der Waals surface area contributed by atoms with Crippen LogP contribution < -0.4 is 17.0 Å². The lowest BCUT2D eigenvalue weighted by Crippen LogP contribution is -3.00. The molecule has 4 nitrogen and oxygen atoms in total. The van der Waals surface area contributed by atoms with Gasteiger partial charge in [-0.2, -0.15) is 0 Å². The normalized spacial score (nSPS) is 35.0. The first-order chi connectivity index (χ1) is 6.20. The van der Waals surface area contributed by atoms with Crippen molar-refractivity contribution in [1.29, 1.82) is 0 Å². The van der Waals surface area contributed by atoms with Crippen LogP contribution in [0.3, 0.4) is 0 Å². The standard InChI is InChI=1S/C9H16N2O2.BrH/c12-9(13)1-5-11-6-2-10(3-7-11)4-8-11;/h1-8H2;1H. The molecule has 0 aliphatic carbocycles. The van der Waals surface area contributed by atoms with Gasteiger partial charge in [0.2, 0.25) is 0 Å². The predicted molar refractivity (Wildman–Crippen MR) is 48.4 cm³/mol. The van der Waals surface area contributed by atoms with E-state index in [2.05, 4.69) is 4.90 Å². The number of carboxylic acids is 1. The Labute approximate surface area is 94.8 Å². The Bertz CT molecular complexity index is 201. The summed E-state index contributed by atoms with van der Waals surface area (Å²) >= 11 is 0. The largest absolute Gasteiger partial charge is 1.00 e. The third-order valence-electron chi connectivity index (χ3n) is 3.47. The molecule has 3 aliphatic rings. The van der Waals surface area contributed by atoms with Gasteiger partial charge in [-0.05, 0) is 0 Å². The van der Waals surface area contributed by atoms with Crippen molar-refractivity contribution >= 4 is 5.97 Å². The molecule has 3 heterocycles. The van der Waals surface area contributed by atoms with Gasteiger partial charge in [-0.1, -0.05) is 0 Å². The second-order valence-corrected chi connectivity index (χ2v) is 4.22. The number of carboxylic acid groups (broad SMARTS) is 1. The molecule has 0 saturated carbocycles. The molecule has 1 N–H and O–H groups in total. The van der Waals surface area contributed by atoms with Crippen LogP contribution in [-0.2, 0) is 4.79 Å². The van der Waals surface area contributed by atoms with Gasteiger partial charge in [-0.25, -0.2) is 0 Å². The number of hydrogen-bond donors (Lipinski definition) is 1. The zero-order valence-electron chi connectivity index (χ0n) is 8.28. The maximum absolute atomic E-state index is 10.5. The fourth-order valence-corrected chi connectivity index (χ4v) is 2.40. The summed E-state index contributed by atoms with van der Waals surface area (Å²) in [6.07, 6.45) is 0.333. The summed E-state index contributed by atoms with van der Waals surface area (Å²) in [5.41, 5.74) is 0. The molecule has 0 aromatic carbocycles. The summed E-state index contributed by atoms with van der Waals surface area (Å²) in [5, 5.41) is 8.65. The smallest absolute Gasteiger partial charge is 0.309 e. The van der Waals surface area contributed by atoms with Crippen molar-refractivity contribution in [2.45, 2.75) is 6.42 Å². The molecule has 3 aliphatic heterocycles. The second-order valence-electron chi connectivity index (χ2n) is 4.22. The molecule has 2 bridgehead atoms. The number of nitrogens with zero attached hydrogens (tertiary/aromatic N) is 2. The predicted octanol–water partition coefficient (Wildman–Crippen LogP) is -3.39. The zero-order chi connectivity index (χ0) is 9.31. The lowest BCUT2D eigenvalue weighted by atomic mass is 10.1. The fourth-order valence-electron chi connectivity index (χ4n) is 2.40. The summed E-state index contributed by atoms with van der Waals surface area (Å²) in [5.74, 6) is -0.652. The number of quaternary nitrogens is 1. The number of aliphatic carboxylic acids is 1. The number of halogens is 1. The quantitative estimate of drug-likeness (QED) is 0.541. The average Bonchev–Trinajstić information content (AvgIpc) is 2.18. The molecule has 3 fully saturated rings. The van der Waals surface area contributed by atoms with E-state index in [1.807, 2.05) is 0 Å². The third kappa shape index (κ3) is 2.46. The van der Waals surface area contributed by atoms with E-state index in [0.717, 1.165) is 30.7 Å². The second kappa shape index (κ2) is 4.59. The molecule has 0 atom stereocenters. The minimum Gasteiger partial charge on any atom is -1.00 e. The van der Waals surface area contributed by atoms with Gasteiger partial charge >= 0.3 is 5.97 Å². The highest BCUT2D eigenvalue weighted by atomic mass is 79.9. The summed E-state index contributed by atoms with van der Waals surface area (Å²) in [6.45, 7) is 7.82. The fraction of sp³-hybridized carbons (Fsp3) is 0.889. The van der Waals surface area contributed by atoms with Gasteiger partial charge in [0.05, 0.1) is 32.6 Å². The average molecular weight is 265 g/mol. The van der Waals surface area contributed by atoms with Crippen LogP contribution in [0, 0.1) is 0 Å². The topological polar surface area (TPSA) is 40.5 Å². The molecule has 0 aromatic rings. The van der Waals surface area contributed by atoms with E-state index < -0.39 is 5.97 Å². The van der Waals surface area contributed by atoms with E-state index in [1.54, 1.807) is 0 Å². The van der Waals surface area contributed by atoms with E-state index in [9.17, 15) is 4.79 Å². The summed E-state index contributed by atoms with van der Waals surface area (Å²) in [6, 6.07) is 0. The van der Waals surface area contributed by atoms with Crippen LogP contribution in [0.1, 0.15) is 6.42 Å². The van der Waals surface area contributed by atoms with Crippen molar-refractivity contribution in [2.75, 3.05) is 45.8 Å². The Balaban J connectivity index is 0.000000980. The molecule has 0 aromatic heterocycles. The molecule has 14 heavy (non-hydrogen) atoms. The SMILES string of the molecule is O=C(O)CC[N+]12CCN(CC1)CC2.[Br-]. The molecule has 82 valence electrons. The first kappa shape index (κ1) is 11.9. The first-order valence-corrected chi connectivity index (χ1v) is 4.99. The summed E-state index contributed by atoms with van der Waals surface area (Å²) < 4.78 is 1.06. The monoisotopic (exact) mass is 264 g/mol. The molecular weight excluding hydrogens is 248 g/mol. The van der Waals surface area contributed by atoms with E-state index in [-0.39, 0.29) is 17.0 Å². The van der Waals surface area contributed by atoms with Crippen LogP contribution in [-0.4, -0.2) is 66.3 Å². The Hall–Kier alpha value is -0.130. The van der Waals surface area contributed by atoms with E-state index in [4.69, 9.17) is 5.11 Å². The van der Waals surface area contributed by atoms with Crippen LogP contribution in [0.15, 0.2) is 0 Å². The van der Waals surface area contributed by atoms with Crippen molar-refractivity contribution < 1.29 is 31.4 Å². The molecule has 3 saturated heterocycles.